The van der Waals surface area contributed by atoms with Gasteiger partial charge in [0.2, 0.25) is 0 Å². The lowest BCUT2D eigenvalue weighted by Gasteiger charge is -2.15. The van der Waals surface area contributed by atoms with Gasteiger partial charge in [0.05, 0.1) is 5.92 Å². The third-order valence-electron chi connectivity index (χ3n) is 3.78. The first kappa shape index (κ1) is 13.0. The summed E-state index contributed by atoms with van der Waals surface area (Å²) in [5.74, 6) is -1.60. The topological polar surface area (TPSA) is 40.5 Å². The maximum Gasteiger partial charge on any atom is 0.308 e. The largest absolute Gasteiger partial charge is 0.481 e. The lowest BCUT2D eigenvalue weighted by molar-refractivity contribution is -0.141. The van der Waals surface area contributed by atoms with Gasteiger partial charge < -0.3 is 10.0 Å². The molecule has 18 heavy (non-hydrogen) atoms. The SMILES string of the molecule is CCN1CC(C(=O)O)C(c2ccc(C)c(F)c2)C1. The van der Waals surface area contributed by atoms with E-state index in [0.717, 1.165) is 12.1 Å². The molecule has 2 rings (SSSR count). The lowest BCUT2D eigenvalue weighted by atomic mass is 9.88. The summed E-state index contributed by atoms with van der Waals surface area (Å²) in [5, 5.41) is 9.26. The highest BCUT2D eigenvalue weighted by molar-refractivity contribution is 5.72. The van der Waals surface area contributed by atoms with E-state index in [4.69, 9.17) is 0 Å². The summed E-state index contributed by atoms with van der Waals surface area (Å²) >= 11 is 0. The van der Waals surface area contributed by atoms with Gasteiger partial charge in [-0.05, 0) is 30.7 Å². The van der Waals surface area contributed by atoms with Crippen molar-refractivity contribution in [2.24, 2.45) is 5.92 Å². The van der Waals surface area contributed by atoms with Crippen molar-refractivity contribution in [1.82, 2.24) is 4.90 Å². The van der Waals surface area contributed by atoms with Crippen LogP contribution in [0.25, 0.3) is 0 Å². The molecule has 0 aromatic heterocycles. The fourth-order valence-corrected chi connectivity index (χ4v) is 2.57. The molecule has 0 aliphatic carbocycles. The maximum atomic E-state index is 13.6. The highest BCUT2D eigenvalue weighted by Crippen LogP contribution is 2.33. The minimum Gasteiger partial charge on any atom is -0.481 e. The molecule has 4 heteroatoms. The lowest BCUT2D eigenvalue weighted by Crippen LogP contribution is -2.23. The molecule has 98 valence electrons. The Balaban J connectivity index is 2.29. The van der Waals surface area contributed by atoms with Crippen molar-refractivity contribution in [1.29, 1.82) is 0 Å². The molecule has 0 radical (unpaired) electrons. The van der Waals surface area contributed by atoms with Gasteiger partial charge in [-0.2, -0.15) is 0 Å². The number of carboxylic acid groups (broad SMARTS) is 1. The number of aryl methyl sites for hydroxylation is 1. The number of rotatable bonds is 3. The number of halogens is 1. The molecule has 1 fully saturated rings. The second-order valence-corrected chi connectivity index (χ2v) is 4.91. The van der Waals surface area contributed by atoms with Gasteiger partial charge in [0, 0.05) is 19.0 Å². The number of carboxylic acids is 1. The van der Waals surface area contributed by atoms with E-state index in [9.17, 15) is 14.3 Å². The number of hydrogen-bond acceptors (Lipinski definition) is 2. The average molecular weight is 251 g/mol. The van der Waals surface area contributed by atoms with Crippen LogP contribution in [0.3, 0.4) is 0 Å². The van der Waals surface area contributed by atoms with Crippen molar-refractivity contribution in [3.8, 4) is 0 Å². The van der Waals surface area contributed by atoms with Gasteiger partial charge in [-0.25, -0.2) is 4.39 Å². The van der Waals surface area contributed by atoms with Crippen molar-refractivity contribution in [2.45, 2.75) is 19.8 Å². The number of likely N-dealkylation sites (N-methyl/N-ethyl adjacent to an activating group) is 1. The van der Waals surface area contributed by atoms with E-state index in [-0.39, 0.29) is 11.7 Å². The number of nitrogens with zero attached hydrogens (tertiary/aromatic N) is 1. The number of aliphatic carboxylic acids is 1. The third-order valence-corrected chi connectivity index (χ3v) is 3.78. The predicted molar refractivity (Wildman–Crippen MR) is 67.1 cm³/mol. The zero-order valence-electron chi connectivity index (χ0n) is 10.7. The number of likely N-dealkylation sites (tertiary alicyclic amines) is 1. The first-order valence-corrected chi connectivity index (χ1v) is 6.24. The average Bonchev–Trinajstić information content (AvgIpc) is 2.77. The Labute approximate surface area is 106 Å². The monoisotopic (exact) mass is 251 g/mol. The van der Waals surface area contributed by atoms with Crippen LogP contribution < -0.4 is 0 Å². The molecule has 0 amide bonds. The molecule has 1 heterocycles. The van der Waals surface area contributed by atoms with E-state index in [1.54, 1.807) is 13.0 Å². The Morgan fingerprint density at radius 2 is 2.22 bits per heavy atom. The van der Waals surface area contributed by atoms with E-state index in [0.29, 0.717) is 18.7 Å². The molecule has 0 bridgehead atoms. The highest BCUT2D eigenvalue weighted by Gasteiger charge is 2.37. The van der Waals surface area contributed by atoms with Gasteiger partial charge in [0.1, 0.15) is 5.82 Å². The second kappa shape index (κ2) is 5.06. The molecular formula is C14H18FNO2. The van der Waals surface area contributed by atoms with E-state index in [1.165, 1.54) is 6.07 Å². The number of hydrogen-bond donors (Lipinski definition) is 1. The molecule has 1 aromatic carbocycles. The van der Waals surface area contributed by atoms with E-state index < -0.39 is 11.9 Å². The molecule has 1 saturated heterocycles. The Hall–Kier alpha value is -1.42. The van der Waals surface area contributed by atoms with Gasteiger partial charge in [0.25, 0.3) is 0 Å². The molecule has 1 aliphatic rings. The maximum absolute atomic E-state index is 13.6. The van der Waals surface area contributed by atoms with Crippen LogP contribution >= 0.6 is 0 Å². The highest BCUT2D eigenvalue weighted by atomic mass is 19.1. The molecular weight excluding hydrogens is 233 g/mol. The van der Waals surface area contributed by atoms with Crippen LogP contribution in [-0.4, -0.2) is 35.6 Å². The minimum atomic E-state index is -0.795. The Kier molecular flexibility index (Phi) is 3.66. The zero-order valence-corrected chi connectivity index (χ0v) is 10.7. The van der Waals surface area contributed by atoms with Crippen molar-refractivity contribution in [3.05, 3.63) is 35.1 Å². The summed E-state index contributed by atoms with van der Waals surface area (Å²) in [4.78, 5) is 13.4. The fourth-order valence-electron chi connectivity index (χ4n) is 2.57. The quantitative estimate of drug-likeness (QED) is 0.895. The molecule has 1 aromatic rings. The van der Waals surface area contributed by atoms with Crippen LogP contribution in [0.4, 0.5) is 4.39 Å². The van der Waals surface area contributed by atoms with Crippen molar-refractivity contribution < 1.29 is 14.3 Å². The summed E-state index contributed by atoms with van der Waals surface area (Å²) in [5.41, 5.74) is 1.39. The van der Waals surface area contributed by atoms with E-state index >= 15 is 0 Å². The van der Waals surface area contributed by atoms with Crippen molar-refractivity contribution >= 4 is 5.97 Å². The van der Waals surface area contributed by atoms with Gasteiger partial charge in [-0.1, -0.05) is 19.1 Å². The predicted octanol–water partition coefficient (Wildman–Crippen LogP) is 2.25. The van der Waals surface area contributed by atoms with Crippen LogP contribution in [0.2, 0.25) is 0 Å². The van der Waals surface area contributed by atoms with Gasteiger partial charge in [-0.3, -0.25) is 4.79 Å². The van der Waals surface area contributed by atoms with Gasteiger partial charge in [0.15, 0.2) is 0 Å². The molecule has 2 atom stereocenters. The van der Waals surface area contributed by atoms with Gasteiger partial charge >= 0.3 is 5.97 Å². The van der Waals surface area contributed by atoms with Gasteiger partial charge in [-0.15, -0.1) is 0 Å². The molecule has 0 spiro atoms. The van der Waals surface area contributed by atoms with Crippen LogP contribution in [0.1, 0.15) is 24.0 Å². The smallest absolute Gasteiger partial charge is 0.308 e. The number of carbonyl (C=O) groups is 1. The summed E-state index contributed by atoms with van der Waals surface area (Å²) in [6.45, 7) is 5.79. The molecule has 0 saturated carbocycles. The summed E-state index contributed by atoms with van der Waals surface area (Å²) in [7, 11) is 0. The van der Waals surface area contributed by atoms with Crippen LogP contribution in [-0.2, 0) is 4.79 Å². The second-order valence-electron chi connectivity index (χ2n) is 4.91. The molecule has 1 N–H and O–H groups in total. The zero-order chi connectivity index (χ0) is 13.3. The summed E-state index contributed by atoms with van der Waals surface area (Å²) < 4.78 is 13.6. The minimum absolute atomic E-state index is 0.113. The Morgan fingerprint density at radius 1 is 1.50 bits per heavy atom. The standard InChI is InChI=1S/C14H18FNO2/c1-3-16-7-11(12(8-16)14(17)18)10-5-4-9(2)13(15)6-10/h4-6,11-12H,3,7-8H2,1-2H3,(H,17,18). The summed E-state index contributed by atoms with van der Waals surface area (Å²) in [6, 6.07) is 5.05. The molecule has 2 unspecified atom stereocenters. The van der Waals surface area contributed by atoms with Crippen molar-refractivity contribution in [2.75, 3.05) is 19.6 Å². The number of benzene rings is 1. The Morgan fingerprint density at radius 3 is 2.78 bits per heavy atom. The Bertz CT molecular complexity index is 461. The first-order valence-electron chi connectivity index (χ1n) is 6.24. The van der Waals surface area contributed by atoms with Crippen LogP contribution in [0, 0.1) is 18.7 Å². The van der Waals surface area contributed by atoms with Crippen molar-refractivity contribution in [3.63, 3.8) is 0 Å². The first-order chi connectivity index (χ1) is 8.52. The van der Waals surface area contributed by atoms with Crippen LogP contribution in [0.15, 0.2) is 18.2 Å². The normalized spacial score (nSPS) is 24.4. The van der Waals surface area contributed by atoms with E-state index in [2.05, 4.69) is 4.90 Å². The molecule has 1 aliphatic heterocycles. The van der Waals surface area contributed by atoms with E-state index in [1.807, 2.05) is 13.0 Å². The molecule has 3 nitrogen and oxygen atoms in total. The van der Waals surface area contributed by atoms with Crippen LogP contribution in [0.5, 0.6) is 0 Å². The fraction of sp³-hybridized carbons (Fsp3) is 0.500. The third kappa shape index (κ3) is 2.38. The summed E-state index contributed by atoms with van der Waals surface area (Å²) in [6.07, 6.45) is 0.